The lowest BCUT2D eigenvalue weighted by molar-refractivity contribution is 0.255. The first-order valence-electron chi connectivity index (χ1n) is 7.07. The fraction of sp³-hybridized carbons (Fsp3) is 0.467. The summed E-state index contributed by atoms with van der Waals surface area (Å²) in [7, 11) is 0. The van der Waals surface area contributed by atoms with Gasteiger partial charge in [-0.05, 0) is 31.2 Å². The quantitative estimate of drug-likeness (QED) is 0.826. The minimum atomic E-state index is 0.286. The monoisotopic (exact) mass is 353 g/mol. The van der Waals surface area contributed by atoms with Crippen molar-refractivity contribution in [2.45, 2.75) is 40.3 Å². The topological polar surface area (TPSA) is 60.2 Å². The van der Waals surface area contributed by atoms with Crippen molar-refractivity contribution in [2.75, 3.05) is 6.54 Å². The Morgan fingerprint density at radius 1 is 1.24 bits per heavy atom. The molecule has 6 heteroatoms. The Balaban J connectivity index is 2.13. The fourth-order valence-corrected chi connectivity index (χ4v) is 2.64. The molecule has 0 radical (unpaired) electrons. The maximum absolute atomic E-state index is 5.91. The number of halogens is 1. The third-order valence-electron chi connectivity index (χ3n) is 3.03. The van der Waals surface area contributed by atoms with Crippen molar-refractivity contribution in [2.24, 2.45) is 0 Å². The molecular formula is C15H20BrN3O2. The van der Waals surface area contributed by atoms with Crippen LogP contribution in [-0.4, -0.2) is 16.7 Å². The van der Waals surface area contributed by atoms with E-state index < -0.39 is 0 Å². The number of ether oxygens (including phenoxy) is 1. The number of hydrogen-bond acceptors (Lipinski definition) is 5. The summed E-state index contributed by atoms with van der Waals surface area (Å²) in [5.41, 5.74) is 2.19. The number of nitrogens with one attached hydrogen (secondary N) is 1. The molecule has 0 aliphatic carbocycles. The molecule has 1 N–H and O–H groups in total. The molecule has 0 saturated carbocycles. The molecule has 0 spiro atoms. The molecule has 0 aliphatic heterocycles. The lowest BCUT2D eigenvalue weighted by Gasteiger charge is -2.14. The molecule has 0 bridgehead atoms. The Kier molecular flexibility index (Phi) is 5.76. The predicted octanol–water partition coefficient (Wildman–Crippen LogP) is 3.39. The Hall–Kier alpha value is -1.40. The minimum absolute atomic E-state index is 0.286. The van der Waals surface area contributed by atoms with Gasteiger partial charge in [0.2, 0.25) is 5.89 Å². The predicted molar refractivity (Wildman–Crippen MR) is 84.3 cm³/mol. The number of benzene rings is 1. The molecule has 0 fully saturated rings. The van der Waals surface area contributed by atoms with E-state index in [1.165, 1.54) is 0 Å². The van der Waals surface area contributed by atoms with E-state index in [4.69, 9.17) is 9.15 Å². The van der Waals surface area contributed by atoms with Crippen molar-refractivity contribution >= 4 is 15.9 Å². The van der Waals surface area contributed by atoms with Gasteiger partial charge in [0.05, 0.1) is 0 Å². The number of hydrogen-bond donors (Lipinski definition) is 1. The van der Waals surface area contributed by atoms with Gasteiger partial charge in [0.1, 0.15) is 5.75 Å². The van der Waals surface area contributed by atoms with Gasteiger partial charge in [-0.2, -0.15) is 0 Å². The van der Waals surface area contributed by atoms with Crippen LogP contribution in [0.1, 0.15) is 36.8 Å². The summed E-state index contributed by atoms with van der Waals surface area (Å²) in [6.07, 6.45) is 0.732. The Labute approximate surface area is 133 Å². The van der Waals surface area contributed by atoms with E-state index in [-0.39, 0.29) is 6.61 Å². The molecule has 0 aliphatic rings. The second-order valence-corrected chi connectivity index (χ2v) is 5.64. The summed E-state index contributed by atoms with van der Waals surface area (Å²) in [6, 6.07) is 4.10. The van der Waals surface area contributed by atoms with Crippen LogP contribution in [0.4, 0.5) is 0 Å². The average molecular weight is 354 g/mol. The van der Waals surface area contributed by atoms with E-state index in [1.807, 2.05) is 19.9 Å². The highest BCUT2D eigenvalue weighted by atomic mass is 79.9. The van der Waals surface area contributed by atoms with Crippen LogP contribution in [0.5, 0.6) is 5.75 Å². The Morgan fingerprint density at radius 3 is 2.67 bits per heavy atom. The van der Waals surface area contributed by atoms with Gasteiger partial charge in [0.25, 0.3) is 5.89 Å². The first kappa shape index (κ1) is 16.0. The van der Waals surface area contributed by atoms with Crippen molar-refractivity contribution < 1.29 is 9.15 Å². The Bertz CT molecular complexity index is 599. The van der Waals surface area contributed by atoms with Gasteiger partial charge in [-0.3, -0.25) is 0 Å². The van der Waals surface area contributed by atoms with Crippen LogP contribution < -0.4 is 10.1 Å². The van der Waals surface area contributed by atoms with Gasteiger partial charge in [0, 0.05) is 23.0 Å². The highest BCUT2D eigenvalue weighted by Crippen LogP contribution is 2.28. The molecule has 0 atom stereocenters. The van der Waals surface area contributed by atoms with Crippen molar-refractivity contribution in [1.29, 1.82) is 0 Å². The highest BCUT2D eigenvalue weighted by molar-refractivity contribution is 9.10. The summed E-state index contributed by atoms with van der Waals surface area (Å²) >= 11 is 3.52. The molecular weight excluding hydrogens is 334 g/mol. The lowest BCUT2D eigenvalue weighted by Crippen LogP contribution is -2.13. The summed E-state index contributed by atoms with van der Waals surface area (Å²) in [5.74, 6) is 2.01. The Morgan fingerprint density at radius 2 is 2.00 bits per heavy atom. The van der Waals surface area contributed by atoms with Crippen molar-refractivity contribution in [3.8, 4) is 5.75 Å². The van der Waals surface area contributed by atoms with E-state index in [1.54, 1.807) is 0 Å². The molecule has 21 heavy (non-hydrogen) atoms. The first-order chi connectivity index (χ1) is 10.1. The molecule has 0 saturated heterocycles. The molecule has 2 aromatic rings. The van der Waals surface area contributed by atoms with Gasteiger partial charge < -0.3 is 14.5 Å². The van der Waals surface area contributed by atoms with Gasteiger partial charge in [-0.15, -0.1) is 10.2 Å². The van der Waals surface area contributed by atoms with E-state index in [2.05, 4.69) is 44.4 Å². The van der Waals surface area contributed by atoms with Crippen LogP contribution >= 0.6 is 15.9 Å². The number of aromatic nitrogens is 2. The number of aryl methyl sites for hydroxylation is 2. The summed E-state index contributed by atoms with van der Waals surface area (Å²) in [5, 5.41) is 11.2. The van der Waals surface area contributed by atoms with E-state index in [0.29, 0.717) is 11.8 Å². The van der Waals surface area contributed by atoms with Gasteiger partial charge in [-0.25, -0.2) is 0 Å². The second-order valence-electron chi connectivity index (χ2n) is 4.72. The van der Waals surface area contributed by atoms with Crippen LogP contribution in [0.15, 0.2) is 21.0 Å². The van der Waals surface area contributed by atoms with Crippen LogP contribution in [0.2, 0.25) is 0 Å². The number of nitrogens with zero attached hydrogens (tertiary/aromatic N) is 2. The normalized spacial score (nSPS) is 10.9. The van der Waals surface area contributed by atoms with Crippen molar-refractivity contribution in [1.82, 2.24) is 15.5 Å². The van der Waals surface area contributed by atoms with Crippen LogP contribution in [0.25, 0.3) is 0 Å². The molecule has 1 aromatic carbocycles. The zero-order valence-electron chi connectivity index (χ0n) is 12.6. The molecule has 0 unspecified atom stereocenters. The van der Waals surface area contributed by atoms with Gasteiger partial charge in [-0.1, -0.05) is 29.8 Å². The minimum Gasteiger partial charge on any atom is -0.483 e. The summed E-state index contributed by atoms with van der Waals surface area (Å²) in [4.78, 5) is 0. The maximum Gasteiger partial charge on any atom is 0.253 e. The average Bonchev–Trinajstić information content (AvgIpc) is 2.91. The van der Waals surface area contributed by atoms with Crippen molar-refractivity contribution in [3.05, 3.63) is 39.5 Å². The largest absolute Gasteiger partial charge is 0.483 e. The zero-order valence-corrected chi connectivity index (χ0v) is 14.2. The highest BCUT2D eigenvalue weighted by Gasteiger charge is 2.11. The summed E-state index contributed by atoms with van der Waals surface area (Å²) in [6.45, 7) is 8.04. The molecule has 1 heterocycles. The van der Waals surface area contributed by atoms with E-state index in [0.717, 1.165) is 40.9 Å². The molecule has 114 valence electrons. The van der Waals surface area contributed by atoms with Gasteiger partial charge in [0.15, 0.2) is 6.61 Å². The summed E-state index contributed by atoms with van der Waals surface area (Å²) < 4.78 is 12.4. The zero-order chi connectivity index (χ0) is 15.2. The van der Waals surface area contributed by atoms with E-state index >= 15 is 0 Å². The molecule has 0 amide bonds. The van der Waals surface area contributed by atoms with Crippen LogP contribution in [0, 0.1) is 6.92 Å². The van der Waals surface area contributed by atoms with Crippen LogP contribution in [0.3, 0.4) is 0 Å². The molecule has 2 rings (SSSR count). The first-order valence-corrected chi connectivity index (χ1v) is 7.87. The number of rotatable bonds is 7. The standard InChI is InChI=1S/C15H20BrN3O2/c1-4-13-18-19-14(21-13)9-20-15-10(3)6-12(16)7-11(15)8-17-5-2/h6-7,17H,4-5,8-9H2,1-3H3. The second kappa shape index (κ2) is 7.56. The third kappa shape index (κ3) is 4.28. The van der Waals surface area contributed by atoms with Crippen LogP contribution in [-0.2, 0) is 19.6 Å². The third-order valence-corrected chi connectivity index (χ3v) is 3.49. The maximum atomic E-state index is 5.91. The molecule has 5 nitrogen and oxygen atoms in total. The van der Waals surface area contributed by atoms with Gasteiger partial charge >= 0.3 is 0 Å². The molecule has 1 aromatic heterocycles. The lowest BCUT2D eigenvalue weighted by atomic mass is 10.1. The fourth-order valence-electron chi connectivity index (χ4n) is 2.02. The van der Waals surface area contributed by atoms with E-state index in [9.17, 15) is 0 Å². The SMILES string of the molecule is CCNCc1cc(Br)cc(C)c1OCc1nnc(CC)o1. The smallest absolute Gasteiger partial charge is 0.253 e. The van der Waals surface area contributed by atoms with Crippen molar-refractivity contribution in [3.63, 3.8) is 0 Å².